The second kappa shape index (κ2) is 11.4. The fourth-order valence-electron chi connectivity index (χ4n) is 1.81. The molecule has 0 aliphatic carbocycles. The number of hydrogen-bond donors (Lipinski definition) is 1. The zero-order valence-corrected chi connectivity index (χ0v) is 11.9. The minimum Gasteiger partial charge on any atom is -0.480 e. The van der Waals surface area contributed by atoms with Crippen LogP contribution in [-0.4, -0.2) is 61.5 Å². The Morgan fingerprint density at radius 3 is 1.94 bits per heavy atom. The van der Waals surface area contributed by atoms with Gasteiger partial charge < -0.3 is 14.6 Å². The molecule has 5 nitrogen and oxygen atoms in total. The lowest BCUT2D eigenvalue weighted by Crippen LogP contribution is -2.44. The Morgan fingerprint density at radius 1 is 1.11 bits per heavy atom. The predicted molar refractivity (Wildman–Crippen MR) is 70.9 cm³/mol. The second-order valence-corrected chi connectivity index (χ2v) is 4.07. The molecule has 18 heavy (non-hydrogen) atoms. The highest BCUT2D eigenvalue weighted by Gasteiger charge is 2.24. The summed E-state index contributed by atoms with van der Waals surface area (Å²) >= 11 is 0. The van der Waals surface area contributed by atoms with Gasteiger partial charge in [-0.25, -0.2) is 0 Å². The number of aliphatic carboxylic acids is 1. The quantitative estimate of drug-likeness (QED) is 0.541. The van der Waals surface area contributed by atoms with Crippen molar-refractivity contribution in [1.29, 1.82) is 0 Å². The topological polar surface area (TPSA) is 59.0 Å². The van der Waals surface area contributed by atoms with Crippen LogP contribution in [0.25, 0.3) is 0 Å². The number of carbonyl (C=O) groups is 1. The molecule has 0 saturated heterocycles. The first kappa shape index (κ1) is 17.4. The maximum Gasteiger partial charge on any atom is 0.320 e. The molecule has 0 amide bonds. The molecule has 5 heteroatoms. The van der Waals surface area contributed by atoms with E-state index in [2.05, 4.69) is 0 Å². The van der Waals surface area contributed by atoms with E-state index >= 15 is 0 Å². The van der Waals surface area contributed by atoms with Gasteiger partial charge in [0, 0.05) is 26.3 Å². The third-order valence-corrected chi connectivity index (χ3v) is 2.74. The molecule has 1 unspecified atom stereocenters. The first-order chi connectivity index (χ1) is 8.67. The number of ether oxygens (including phenoxy) is 2. The van der Waals surface area contributed by atoms with Gasteiger partial charge in [-0.15, -0.1) is 0 Å². The molecule has 0 bridgehead atoms. The summed E-state index contributed by atoms with van der Waals surface area (Å²) in [6.45, 7) is 9.59. The van der Waals surface area contributed by atoms with Crippen molar-refractivity contribution in [3.05, 3.63) is 0 Å². The molecule has 0 aromatic rings. The van der Waals surface area contributed by atoms with Crippen LogP contribution in [-0.2, 0) is 14.3 Å². The standard InChI is InChI=1S/C13H27NO4/c1-4-7-12(13(15)16)14(8-10-17-5-2)9-11-18-6-3/h12H,4-11H2,1-3H3,(H,15,16). The maximum absolute atomic E-state index is 11.3. The second-order valence-electron chi connectivity index (χ2n) is 4.07. The number of carboxylic acid groups (broad SMARTS) is 1. The molecule has 0 rings (SSSR count). The Morgan fingerprint density at radius 2 is 1.61 bits per heavy atom. The lowest BCUT2D eigenvalue weighted by atomic mass is 10.1. The molecule has 0 radical (unpaired) electrons. The number of carboxylic acids is 1. The van der Waals surface area contributed by atoms with Crippen molar-refractivity contribution in [2.75, 3.05) is 39.5 Å². The molecule has 0 aliphatic rings. The van der Waals surface area contributed by atoms with Crippen LogP contribution in [0.1, 0.15) is 33.6 Å². The molecule has 0 aromatic carbocycles. The molecular formula is C13H27NO4. The summed E-state index contributed by atoms with van der Waals surface area (Å²) in [7, 11) is 0. The zero-order chi connectivity index (χ0) is 13.8. The Bertz CT molecular complexity index is 201. The van der Waals surface area contributed by atoms with Gasteiger partial charge in [-0.1, -0.05) is 13.3 Å². The predicted octanol–water partition coefficient (Wildman–Crippen LogP) is 1.61. The van der Waals surface area contributed by atoms with Crippen molar-refractivity contribution < 1.29 is 19.4 Å². The van der Waals surface area contributed by atoms with Gasteiger partial charge in [0.05, 0.1) is 13.2 Å². The fraction of sp³-hybridized carbons (Fsp3) is 0.923. The highest BCUT2D eigenvalue weighted by molar-refractivity contribution is 5.73. The van der Waals surface area contributed by atoms with E-state index in [4.69, 9.17) is 9.47 Å². The molecule has 0 saturated carbocycles. The monoisotopic (exact) mass is 261 g/mol. The van der Waals surface area contributed by atoms with E-state index in [0.717, 1.165) is 6.42 Å². The van der Waals surface area contributed by atoms with Crippen LogP contribution in [0.3, 0.4) is 0 Å². The van der Waals surface area contributed by atoms with Crippen LogP contribution in [0.5, 0.6) is 0 Å². The van der Waals surface area contributed by atoms with E-state index < -0.39 is 12.0 Å². The summed E-state index contributed by atoms with van der Waals surface area (Å²) in [6.07, 6.45) is 1.52. The summed E-state index contributed by atoms with van der Waals surface area (Å²) in [4.78, 5) is 13.2. The molecule has 108 valence electrons. The summed E-state index contributed by atoms with van der Waals surface area (Å²) in [5, 5.41) is 9.26. The minimum absolute atomic E-state index is 0.434. The average molecular weight is 261 g/mol. The number of hydrogen-bond acceptors (Lipinski definition) is 4. The van der Waals surface area contributed by atoms with Gasteiger partial charge >= 0.3 is 5.97 Å². The fourth-order valence-corrected chi connectivity index (χ4v) is 1.81. The van der Waals surface area contributed by atoms with Crippen molar-refractivity contribution in [3.8, 4) is 0 Å². The molecule has 0 aromatic heterocycles. The molecule has 0 aliphatic heterocycles. The van der Waals surface area contributed by atoms with E-state index in [1.165, 1.54) is 0 Å². The Balaban J connectivity index is 4.32. The van der Waals surface area contributed by atoms with Gasteiger partial charge in [0.2, 0.25) is 0 Å². The minimum atomic E-state index is -0.759. The van der Waals surface area contributed by atoms with Crippen LogP contribution in [0.15, 0.2) is 0 Å². The molecule has 0 fully saturated rings. The SMILES string of the molecule is CCCC(C(=O)O)N(CCOCC)CCOCC. The highest BCUT2D eigenvalue weighted by atomic mass is 16.5. The normalized spacial score (nSPS) is 12.9. The van der Waals surface area contributed by atoms with Gasteiger partial charge in [-0.2, -0.15) is 0 Å². The van der Waals surface area contributed by atoms with Crippen molar-refractivity contribution in [3.63, 3.8) is 0 Å². The molecule has 0 spiro atoms. The Kier molecular flexibility index (Phi) is 11.0. The first-order valence-corrected chi connectivity index (χ1v) is 6.79. The average Bonchev–Trinajstić information content (AvgIpc) is 2.34. The van der Waals surface area contributed by atoms with E-state index in [0.29, 0.717) is 45.9 Å². The van der Waals surface area contributed by atoms with Gasteiger partial charge in [0.15, 0.2) is 0 Å². The molecule has 1 N–H and O–H groups in total. The molecule has 0 heterocycles. The Labute approximate surface area is 110 Å². The molecule has 1 atom stereocenters. The van der Waals surface area contributed by atoms with Gasteiger partial charge in [-0.05, 0) is 20.3 Å². The summed E-state index contributed by atoms with van der Waals surface area (Å²) in [5.41, 5.74) is 0. The van der Waals surface area contributed by atoms with Crippen LogP contribution in [0.2, 0.25) is 0 Å². The first-order valence-electron chi connectivity index (χ1n) is 6.79. The lowest BCUT2D eigenvalue weighted by Gasteiger charge is -2.28. The number of rotatable bonds is 12. The Hall–Kier alpha value is -0.650. The van der Waals surface area contributed by atoms with E-state index in [1.54, 1.807) is 0 Å². The van der Waals surface area contributed by atoms with Crippen LogP contribution < -0.4 is 0 Å². The summed E-state index contributed by atoms with van der Waals surface area (Å²) in [6, 6.07) is -0.434. The van der Waals surface area contributed by atoms with Gasteiger partial charge in [-0.3, -0.25) is 9.69 Å². The van der Waals surface area contributed by atoms with Crippen molar-refractivity contribution >= 4 is 5.97 Å². The smallest absolute Gasteiger partial charge is 0.320 e. The summed E-state index contributed by atoms with van der Waals surface area (Å²) in [5.74, 6) is -0.759. The number of nitrogens with zero attached hydrogens (tertiary/aromatic N) is 1. The zero-order valence-electron chi connectivity index (χ0n) is 11.9. The van der Waals surface area contributed by atoms with Gasteiger partial charge in [0.25, 0.3) is 0 Å². The van der Waals surface area contributed by atoms with Crippen LogP contribution in [0.4, 0.5) is 0 Å². The largest absolute Gasteiger partial charge is 0.480 e. The third kappa shape index (κ3) is 7.63. The maximum atomic E-state index is 11.3. The van der Waals surface area contributed by atoms with Crippen molar-refractivity contribution in [2.24, 2.45) is 0 Å². The highest BCUT2D eigenvalue weighted by Crippen LogP contribution is 2.07. The van der Waals surface area contributed by atoms with E-state index in [-0.39, 0.29) is 0 Å². The van der Waals surface area contributed by atoms with Gasteiger partial charge in [0.1, 0.15) is 6.04 Å². The van der Waals surface area contributed by atoms with Crippen LogP contribution in [0, 0.1) is 0 Å². The van der Waals surface area contributed by atoms with Crippen molar-refractivity contribution in [2.45, 2.75) is 39.7 Å². The van der Waals surface area contributed by atoms with E-state index in [9.17, 15) is 9.90 Å². The van der Waals surface area contributed by atoms with Crippen LogP contribution >= 0.6 is 0 Å². The van der Waals surface area contributed by atoms with E-state index in [1.807, 2.05) is 25.7 Å². The lowest BCUT2D eigenvalue weighted by molar-refractivity contribution is -0.144. The third-order valence-electron chi connectivity index (χ3n) is 2.74. The summed E-state index contributed by atoms with van der Waals surface area (Å²) < 4.78 is 10.6. The molecular weight excluding hydrogens is 234 g/mol. The van der Waals surface area contributed by atoms with Crippen molar-refractivity contribution in [1.82, 2.24) is 4.90 Å².